The maximum absolute atomic E-state index is 13.7. The van der Waals surface area contributed by atoms with Gasteiger partial charge in [0, 0.05) is 5.56 Å². The number of benzene rings is 2. The summed E-state index contributed by atoms with van der Waals surface area (Å²) in [4.78, 5) is 20.3. The molecule has 0 saturated carbocycles. The Bertz CT molecular complexity index is 1200. The van der Waals surface area contributed by atoms with Gasteiger partial charge in [0.2, 0.25) is 0 Å². The topological polar surface area (TPSA) is 55.6 Å². The van der Waals surface area contributed by atoms with Gasteiger partial charge >= 0.3 is 0 Å². The molecular formula is C27H30N2O3S. The maximum atomic E-state index is 13.7. The van der Waals surface area contributed by atoms with Gasteiger partial charge in [0.25, 0.3) is 5.91 Å². The lowest BCUT2D eigenvalue weighted by molar-refractivity contribution is 0.0982. The van der Waals surface area contributed by atoms with Crippen molar-refractivity contribution < 1.29 is 13.9 Å². The van der Waals surface area contributed by atoms with Crippen LogP contribution in [0.3, 0.4) is 0 Å². The van der Waals surface area contributed by atoms with E-state index in [0.29, 0.717) is 41.3 Å². The number of carbonyl (C=O) groups is 1. The Morgan fingerprint density at radius 2 is 1.97 bits per heavy atom. The number of aromatic nitrogens is 1. The van der Waals surface area contributed by atoms with Crippen LogP contribution < -0.4 is 9.64 Å². The van der Waals surface area contributed by atoms with Crippen LogP contribution in [0.2, 0.25) is 0 Å². The fourth-order valence-electron chi connectivity index (χ4n) is 3.74. The zero-order chi connectivity index (χ0) is 23.2. The van der Waals surface area contributed by atoms with E-state index in [1.165, 1.54) is 16.9 Å². The molecule has 0 radical (unpaired) electrons. The summed E-state index contributed by atoms with van der Waals surface area (Å²) in [5.74, 6) is 1.63. The lowest BCUT2D eigenvalue weighted by Crippen LogP contribution is -2.30. The first kappa shape index (κ1) is 23.1. The van der Waals surface area contributed by atoms with Crippen molar-refractivity contribution in [3.8, 4) is 5.75 Å². The molecule has 0 bridgehead atoms. The number of thiazole rings is 1. The predicted molar refractivity (Wildman–Crippen MR) is 134 cm³/mol. The van der Waals surface area contributed by atoms with Gasteiger partial charge in [-0.2, -0.15) is 0 Å². The van der Waals surface area contributed by atoms with Gasteiger partial charge in [-0.3, -0.25) is 9.69 Å². The van der Waals surface area contributed by atoms with Crippen LogP contribution in [0.4, 0.5) is 5.13 Å². The quantitative estimate of drug-likeness (QED) is 0.230. The van der Waals surface area contributed by atoms with Gasteiger partial charge in [0.1, 0.15) is 11.5 Å². The van der Waals surface area contributed by atoms with Gasteiger partial charge < -0.3 is 9.15 Å². The molecule has 0 spiro atoms. The van der Waals surface area contributed by atoms with Gasteiger partial charge in [-0.1, -0.05) is 63.1 Å². The van der Waals surface area contributed by atoms with E-state index in [-0.39, 0.29) is 5.91 Å². The molecular weight excluding hydrogens is 432 g/mol. The van der Waals surface area contributed by atoms with Crippen molar-refractivity contribution >= 4 is 32.6 Å². The molecule has 1 amide bonds. The summed E-state index contributed by atoms with van der Waals surface area (Å²) in [7, 11) is 0. The smallest absolute Gasteiger partial charge is 0.260 e. The Kier molecular flexibility index (Phi) is 7.45. The van der Waals surface area contributed by atoms with Gasteiger partial charge in [-0.05, 0) is 54.3 Å². The largest absolute Gasteiger partial charge is 0.494 e. The fraction of sp³-hybridized carbons (Fsp3) is 0.333. The number of fused-ring (bicyclic) bond motifs is 1. The summed E-state index contributed by atoms with van der Waals surface area (Å²) in [6.07, 6.45) is 4.90. The molecule has 5 nitrogen and oxygen atoms in total. The third-order valence-corrected chi connectivity index (χ3v) is 6.57. The predicted octanol–water partition coefficient (Wildman–Crippen LogP) is 7.43. The number of rotatable bonds is 10. The van der Waals surface area contributed by atoms with E-state index in [9.17, 15) is 4.79 Å². The van der Waals surface area contributed by atoms with Crippen molar-refractivity contribution in [2.24, 2.45) is 0 Å². The van der Waals surface area contributed by atoms with Crippen molar-refractivity contribution in [1.29, 1.82) is 0 Å². The van der Waals surface area contributed by atoms with Crippen LogP contribution in [0.1, 0.15) is 67.6 Å². The normalized spacial score (nSPS) is 11.3. The number of anilines is 1. The lowest BCUT2D eigenvalue weighted by Gasteiger charge is -2.19. The molecule has 0 aliphatic heterocycles. The molecule has 6 heteroatoms. The molecule has 33 heavy (non-hydrogen) atoms. The standard InChI is InChI=1S/C27H30N2O3S/c1-4-5-6-15-31-21-11-7-10-20(17-21)26(30)29(18-22-12-9-16-32-22)27-28-25-23(19(2)3)13-8-14-24(25)33-27/h7-14,16-17,19H,4-6,15,18H2,1-3H3. The first-order valence-electron chi connectivity index (χ1n) is 11.5. The van der Waals surface area contributed by atoms with E-state index in [2.05, 4.69) is 39.0 Å². The average Bonchev–Trinajstić information content (AvgIpc) is 3.49. The molecule has 2 heterocycles. The molecule has 0 N–H and O–H groups in total. The van der Waals surface area contributed by atoms with Gasteiger partial charge in [0.15, 0.2) is 5.13 Å². The summed E-state index contributed by atoms with van der Waals surface area (Å²) in [6.45, 7) is 7.44. The van der Waals surface area contributed by atoms with Gasteiger partial charge in [-0.25, -0.2) is 4.98 Å². The number of amides is 1. The molecule has 0 fully saturated rings. The van der Waals surface area contributed by atoms with Gasteiger partial charge in [0.05, 0.1) is 29.6 Å². The Morgan fingerprint density at radius 1 is 1.12 bits per heavy atom. The van der Waals surface area contributed by atoms with E-state index < -0.39 is 0 Å². The van der Waals surface area contributed by atoms with Crippen molar-refractivity contribution in [3.63, 3.8) is 0 Å². The molecule has 0 aliphatic rings. The minimum absolute atomic E-state index is 0.129. The van der Waals surface area contributed by atoms with E-state index in [1.54, 1.807) is 11.2 Å². The Labute approximate surface area is 199 Å². The van der Waals surface area contributed by atoms with Crippen LogP contribution >= 0.6 is 11.3 Å². The molecule has 2 aromatic heterocycles. The number of carbonyl (C=O) groups excluding carboxylic acids is 1. The third kappa shape index (κ3) is 5.45. The van der Waals surface area contributed by atoms with E-state index in [0.717, 1.165) is 29.5 Å². The summed E-state index contributed by atoms with van der Waals surface area (Å²) >= 11 is 1.53. The second-order valence-corrected chi connectivity index (χ2v) is 9.41. The highest BCUT2D eigenvalue weighted by atomic mass is 32.1. The summed E-state index contributed by atoms with van der Waals surface area (Å²) < 4.78 is 12.5. The number of nitrogens with zero attached hydrogens (tertiary/aromatic N) is 2. The summed E-state index contributed by atoms with van der Waals surface area (Å²) in [5.41, 5.74) is 2.71. The molecule has 2 aromatic carbocycles. The first-order chi connectivity index (χ1) is 16.1. The van der Waals surface area contributed by atoms with Crippen LogP contribution in [0.15, 0.2) is 65.3 Å². The second-order valence-electron chi connectivity index (χ2n) is 8.40. The van der Waals surface area contributed by atoms with Crippen LogP contribution in [0.25, 0.3) is 10.2 Å². The number of hydrogen-bond acceptors (Lipinski definition) is 5. The van der Waals surface area contributed by atoms with Crippen molar-refractivity contribution in [3.05, 3.63) is 77.7 Å². The van der Waals surface area contributed by atoms with Crippen LogP contribution in [-0.2, 0) is 6.54 Å². The Hall–Kier alpha value is -3.12. The minimum Gasteiger partial charge on any atom is -0.494 e. The Balaban J connectivity index is 1.66. The molecule has 4 aromatic rings. The molecule has 0 saturated heterocycles. The monoisotopic (exact) mass is 462 g/mol. The van der Waals surface area contributed by atoms with Crippen molar-refractivity contribution in [2.75, 3.05) is 11.5 Å². The van der Waals surface area contributed by atoms with Gasteiger partial charge in [-0.15, -0.1) is 0 Å². The molecule has 0 aliphatic carbocycles. The lowest BCUT2D eigenvalue weighted by atomic mass is 10.0. The van der Waals surface area contributed by atoms with Crippen LogP contribution in [0, 0.1) is 0 Å². The maximum Gasteiger partial charge on any atom is 0.260 e. The SMILES string of the molecule is CCCCCOc1cccc(C(=O)N(Cc2ccco2)c2nc3c(C(C)C)cccc3s2)c1. The Morgan fingerprint density at radius 3 is 2.73 bits per heavy atom. The number of ether oxygens (including phenoxy) is 1. The highest BCUT2D eigenvalue weighted by Gasteiger charge is 2.24. The highest BCUT2D eigenvalue weighted by molar-refractivity contribution is 7.22. The first-order valence-corrected chi connectivity index (χ1v) is 12.3. The molecule has 4 rings (SSSR count). The minimum atomic E-state index is -0.129. The zero-order valence-corrected chi connectivity index (χ0v) is 20.2. The highest BCUT2D eigenvalue weighted by Crippen LogP contribution is 2.35. The second kappa shape index (κ2) is 10.7. The third-order valence-electron chi connectivity index (χ3n) is 5.53. The number of unbranched alkanes of at least 4 members (excludes halogenated alkanes) is 2. The number of hydrogen-bond donors (Lipinski definition) is 0. The van der Waals surface area contributed by atoms with E-state index in [4.69, 9.17) is 14.1 Å². The van der Waals surface area contributed by atoms with E-state index in [1.807, 2.05) is 36.4 Å². The number of furan rings is 1. The molecule has 0 unspecified atom stereocenters. The summed E-state index contributed by atoms with van der Waals surface area (Å²) in [5, 5.41) is 0.661. The molecule has 0 atom stereocenters. The average molecular weight is 463 g/mol. The molecule has 172 valence electrons. The summed E-state index contributed by atoms with van der Waals surface area (Å²) in [6, 6.07) is 17.3. The number of para-hydroxylation sites is 1. The van der Waals surface area contributed by atoms with Crippen LogP contribution in [0.5, 0.6) is 5.75 Å². The van der Waals surface area contributed by atoms with Crippen LogP contribution in [-0.4, -0.2) is 17.5 Å². The van der Waals surface area contributed by atoms with Crippen molar-refractivity contribution in [2.45, 2.75) is 52.5 Å². The fourth-order valence-corrected chi connectivity index (χ4v) is 4.74. The van der Waals surface area contributed by atoms with Crippen molar-refractivity contribution in [1.82, 2.24) is 4.98 Å². The van der Waals surface area contributed by atoms with E-state index >= 15 is 0 Å². The zero-order valence-electron chi connectivity index (χ0n) is 19.4.